The molecule has 178 valence electrons. The van der Waals surface area contributed by atoms with Crippen LogP contribution in [-0.4, -0.2) is 50.8 Å². The zero-order chi connectivity index (χ0) is 23.9. The molecule has 1 amide bonds. The summed E-state index contributed by atoms with van der Waals surface area (Å²) in [5.41, 5.74) is 4.72. The first kappa shape index (κ1) is 21.9. The summed E-state index contributed by atoms with van der Waals surface area (Å²) in [7, 11) is 1.70. The zero-order valence-electron chi connectivity index (χ0n) is 19.8. The quantitative estimate of drug-likeness (QED) is 0.364. The lowest BCUT2D eigenvalue weighted by Crippen LogP contribution is -2.38. The number of pyridine rings is 1. The van der Waals surface area contributed by atoms with Crippen molar-refractivity contribution in [1.29, 1.82) is 0 Å². The van der Waals surface area contributed by atoms with Crippen LogP contribution in [-0.2, 0) is 6.54 Å². The van der Waals surface area contributed by atoms with Crippen molar-refractivity contribution < 1.29 is 9.53 Å². The molecular weight excluding hydrogens is 458 g/mol. The summed E-state index contributed by atoms with van der Waals surface area (Å²) in [4.78, 5) is 24.9. The van der Waals surface area contributed by atoms with Gasteiger partial charge in [0.05, 0.1) is 30.8 Å². The number of hydrogen-bond donors (Lipinski definition) is 1. The van der Waals surface area contributed by atoms with Gasteiger partial charge < -0.3 is 14.6 Å². The minimum Gasteiger partial charge on any atom is -0.497 e. The smallest absolute Gasteiger partial charge is 0.254 e. The Kier molecular flexibility index (Phi) is 5.53. The standard InChI is InChI=1S/C27H27N5O2S/c1-17-12-22(24-15-29-32(26(24)30-17)16-20-4-3-11-35-20)27(33)31-9-7-18(8-10-31)23-14-28-25-6-5-19(34-2)13-21(23)25/h3-6,11-15,18,28H,7-10,16H2,1-2H3. The third kappa shape index (κ3) is 3.97. The number of fused-ring (bicyclic) bond motifs is 2. The molecule has 7 nitrogen and oxygen atoms in total. The molecule has 4 aromatic heterocycles. The molecule has 1 aliphatic heterocycles. The van der Waals surface area contributed by atoms with Gasteiger partial charge in [-0.1, -0.05) is 6.07 Å². The van der Waals surface area contributed by atoms with E-state index in [9.17, 15) is 4.79 Å². The monoisotopic (exact) mass is 485 g/mol. The van der Waals surface area contributed by atoms with Gasteiger partial charge in [-0.15, -0.1) is 11.3 Å². The van der Waals surface area contributed by atoms with Gasteiger partial charge in [-0.2, -0.15) is 5.10 Å². The van der Waals surface area contributed by atoms with Crippen LogP contribution in [0.1, 0.15) is 45.3 Å². The fourth-order valence-electron chi connectivity index (χ4n) is 5.17. The molecule has 0 spiro atoms. The van der Waals surface area contributed by atoms with Gasteiger partial charge in [-0.05, 0) is 67.0 Å². The lowest BCUT2D eigenvalue weighted by atomic mass is 9.89. The van der Waals surface area contributed by atoms with Crippen molar-refractivity contribution in [2.24, 2.45) is 0 Å². The summed E-state index contributed by atoms with van der Waals surface area (Å²) in [6.07, 6.45) is 5.76. The van der Waals surface area contributed by atoms with Gasteiger partial charge in [0.2, 0.25) is 0 Å². The molecule has 5 aromatic rings. The maximum Gasteiger partial charge on any atom is 0.254 e. The number of aromatic amines is 1. The van der Waals surface area contributed by atoms with Gasteiger partial charge in [-0.25, -0.2) is 9.67 Å². The normalized spacial score (nSPS) is 14.7. The van der Waals surface area contributed by atoms with E-state index in [-0.39, 0.29) is 5.91 Å². The molecule has 1 saturated heterocycles. The van der Waals surface area contributed by atoms with E-state index in [1.54, 1.807) is 24.6 Å². The molecule has 0 atom stereocenters. The number of piperidine rings is 1. The first-order valence-electron chi connectivity index (χ1n) is 11.9. The number of H-pyrrole nitrogens is 1. The van der Waals surface area contributed by atoms with Crippen molar-refractivity contribution in [1.82, 2.24) is 24.6 Å². The second-order valence-electron chi connectivity index (χ2n) is 9.15. The van der Waals surface area contributed by atoms with Crippen LogP contribution in [0, 0.1) is 6.92 Å². The van der Waals surface area contributed by atoms with Crippen molar-refractivity contribution in [2.45, 2.75) is 32.2 Å². The number of methoxy groups -OCH3 is 1. The Morgan fingerprint density at radius 3 is 2.83 bits per heavy atom. The SMILES string of the molecule is COc1ccc2[nH]cc(C3CCN(C(=O)c4cc(C)nc5c4cnn5Cc4cccs4)CC3)c2c1. The third-order valence-electron chi connectivity index (χ3n) is 7.00. The molecule has 1 aromatic carbocycles. The van der Waals surface area contributed by atoms with Crippen molar-refractivity contribution >= 4 is 39.2 Å². The van der Waals surface area contributed by atoms with E-state index in [2.05, 4.69) is 39.9 Å². The van der Waals surface area contributed by atoms with Crippen LogP contribution >= 0.6 is 11.3 Å². The van der Waals surface area contributed by atoms with Gasteiger partial charge in [0.1, 0.15) is 5.75 Å². The number of hydrogen-bond acceptors (Lipinski definition) is 5. The molecule has 5 heterocycles. The van der Waals surface area contributed by atoms with E-state index < -0.39 is 0 Å². The highest BCUT2D eigenvalue weighted by Gasteiger charge is 2.28. The fraction of sp³-hybridized carbons (Fsp3) is 0.296. The van der Waals surface area contributed by atoms with Crippen LogP contribution in [0.15, 0.2) is 54.2 Å². The minimum absolute atomic E-state index is 0.0650. The molecule has 0 unspecified atom stereocenters. The number of carbonyl (C=O) groups is 1. The summed E-state index contributed by atoms with van der Waals surface area (Å²) in [6, 6.07) is 12.2. The first-order valence-corrected chi connectivity index (χ1v) is 12.8. The van der Waals surface area contributed by atoms with Gasteiger partial charge in [-0.3, -0.25) is 4.79 Å². The highest BCUT2D eigenvalue weighted by molar-refractivity contribution is 7.09. The number of nitrogens with zero attached hydrogens (tertiary/aromatic N) is 4. The van der Waals surface area contributed by atoms with E-state index in [0.29, 0.717) is 18.0 Å². The number of thiophene rings is 1. The molecule has 1 aliphatic rings. The Morgan fingerprint density at radius 2 is 2.06 bits per heavy atom. The molecular formula is C27H27N5O2S. The highest BCUT2D eigenvalue weighted by atomic mass is 32.1. The van der Waals surface area contributed by atoms with Crippen LogP contribution in [0.3, 0.4) is 0 Å². The van der Waals surface area contributed by atoms with Crippen molar-refractivity contribution in [2.75, 3.05) is 20.2 Å². The number of aryl methyl sites for hydroxylation is 1. The van der Waals surface area contributed by atoms with Crippen molar-refractivity contribution in [3.63, 3.8) is 0 Å². The minimum atomic E-state index is 0.0650. The summed E-state index contributed by atoms with van der Waals surface area (Å²) < 4.78 is 7.32. The molecule has 6 rings (SSSR count). The van der Waals surface area contributed by atoms with E-state index in [1.807, 2.05) is 34.7 Å². The molecule has 0 aliphatic carbocycles. The number of nitrogens with one attached hydrogen (secondary N) is 1. The van der Waals surface area contributed by atoms with Gasteiger partial charge in [0.25, 0.3) is 5.91 Å². The predicted molar refractivity (Wildman–Crippen MR) is 138 cm³/mol. The van der Waals surface area contributed by atoms with Crippen molar-refractivity contribution in [3.8, 4) is 5.75 Å². The largest absolute Gasteiger partial charge is 0.497 e. The molecule has 0 radical (unpaired) electrons. The molecule has 0 saturated carbocycles. The molecule has 35 heavy (non-hydrogen) atoms. The predicted octanol–water partition coefficient (Wildman–Crippen LogP) is 5.36. The molecule has 1 fully saturated rings. The van der Waals surface area contributed by atoms with Crippen LogP contribution in [0.25, 0.3) is 21.9 Å². The number of rotatable bonds is 5. The van der Waals surface area contributed by atoms with E-state index in [0.717, 1.165) is 53.9 Å². The van der Waals surface area contributed by atoms with Crippen LogP contribution in [0.5, 0.6) is 5.75 Å². The molecule has 8 heteroatoms. The number of benzene rings is 1. The van der Waals surface area contributed by atoms with Crippen LogP contribution in [0.2, 0.25) is 0 Å². The summed E-state index contributed by atoms with van der Waals surface area (Å²) in [5, 5.41) is 8.65. The Labute approximate surface area is 207 Å². The van der Waals surface area contributed by atoms with Crippen molar-refractivity contribution in [3.05, 3.63) is 75.9 Å². The van der Waals surface area contributed by atoms with E-state index >= 15 is 0 Å². The first-order chi connectivity index (χ1) is 17.1. The average Bonchev–Trinajstić information content (AvgIpc) is 3.64. The van der Waals surface area contributed by atoms with Gasteiger partial charge >= 0.3 is 0 Å². The summed E-state index contributed by atoms with van der Waals surface area (Å²) in [6.45, 7) is 4.06. The maximum absolute atomic E-state index is 13.6. The number of aromatic nitrogens is 4. The highest BCUT2D eigenvalue weighted by Crippen LogP contribution is 2.35. The zero-order valence-corrected chi connectivity index (χ0v) is 20.6. The summed E-state index contributed by atoms with van der Waals surface area (Å²) >= 11 is 1.70. The lowest BCUT2D eigenvalue weighted by molar-refractivity contribution is 0.0715. The van der Waals surface area contributed by atoms with Crippen LogP contribution in [0.4, 0.5) is 0 Å². The van der Waals surface area contributed by atoms with Crippen LogP contribution < -0.4 is 4.74 Å². The Balaban J connectivity index is 1.23. The fourth-order valence-corrected chi connectivity index (χ4v) is 5.85. The Bertz CT molecular complexity index is 1510. The Morgan fingerprint density at radius 1 is 1.20 bits per heavy atom. The second kappa shape index (κ2) is 8.85. The number of amides is 1. The van der Waals surface area contributed by atoms with E-state index in [1.165, 1.54) is 15.8 Å². The number of carbonyl (C=O) groups excluding carboxylic acids is 1. The van der Waals surface area contributed by atoms with E-state index in [4.69, 9.17) is 9.72 Å². The summed E-state index contributed by atoms with van der Waals surface area (Å²) in [5.74, 6) is 1.34. The maximum atomic E-state index is 13.6. The molecule has 1 N–H and O–H groups in total. The average molecular weight is 486 g/mol. The van der Waals surface area contributed by atoms with Gasteiger partial charge in [0, 0.05) is 40.8 Å². The molecule has 0 bridgehead atoms. The second-order valence-corrected chi connectivity index (χ2v) is 10.2. The number of ether oxygens (including phenoxy) is 1. The third-order valence-corrected chi connectivity index (χ3v) is 7.86. The number of likely N-dealkylation sites (tertiary alicyclic amines) is 1. The van der Waals surface area contributed by atoms with Gasteiger partial charge in [0.15, 0.2) is 5.65 Å². The topological polar surface area (TPSA) is 76.0 Å². The lowest BCUT2D eigenvalue weighted by Gasteiger charge is -2.32. The Hall–Kier alpha value is -3.65.